The molecule has 0 fully saturated rings. The van der Waals surface area contributed by atoms with Gasteiger partial charge in [0.1, 0.15) is 0 Å². The predicted molar refractivity (Wildman–Crippen MR) is 62.4 cm³/mol. The molecule has 0 saturated carbocycles. The number of hydrogen-bond acceptors (Lipinski definition) is 0. The predicted octanol–water partition coefficient (Wildman–Crippen LogP) is 3.52. The molecule has 0 aliphatic heterocycles. The summed E-state index contributed by atoms with van der Waals surface area (Å²) in [5, 5.41) is 1.34. The van der Waals surface area contributed by atoms with E-state index in [4.69, 9.17) is 0 Å². The molecule has 1 aromatic carbocycles. The molecule has 0 aliphatic carbocycles. The number of para-hydroxylation sites is 1. The smallest absolute Gasteiger partial charge is 0.0486 e. The molecule has 1 heterocycles. The Morgan fingerprint density at radius 2 is 1.93 bits per heavy atom. The lowest BCUT2D eigenvalue weighted by Crippen LogP contribution is -1.89. The average Bonchev–Trinajstić information content (AvgIpc) is 2.45. The van der Waals surface area contributed by atoms with Gasteiger partial charge in [-0.3, -0.25) is 0 Å². The van der Waals surface area contributed by atoms with Gasteiger partial charge in [0.2, 0.25) is 0 Å². The zero-order valence-electron chi connectivity index (χ0n) is 8.91. The van der Waals surface area contributed by atoms with Crippen LogP contribution in [0.3, 0.4) is 0 Å². The molecule has 0 radical (unpaired) electrons. The fraction of sp³-hybridized carbons (Fsp3) is 0.231. The Bertz CT molecular complexity index is 489. The minimum atomic E-state index is 1.30. The van der Waals surface area contributed by atoms with Crippen LogP contribution in [0.2, 0.25) is 0 Å². The van der Waals surface area contributed by atoms with Gasteiger partial charge >= 0.3 is 0 Å². The summed E-state index contributed by atoms with van der Waals surface area (Å²) in [6.07, 6.45) is 4.27. The van der Waals surface area contributed by atoms with Crippen molar-refractivity contribution in [3.8, 4) is 0 Å². The molecule has 0 bridgehead atoms. The molecule has 14 heavy (non-hydrogen) atoms. The van der Waals surface area contributed by atoms with Crippen LogP contribution in [0.5, 0.6) is 0 Å². The minimum absolute atomic E-state index is 1.30. The first kappa shape index (κ1) is 9.07. The summed E-state index contributed by atoms with van der Waals surface area (Å²) in [5.41, 5.74) is 3.97. The Balaban J connectivity index is 2.87. The molecule has 1 nitrogen and oxygen atoms in total. The maximum Gasteiger partial charge on any atom is 0.0486 e. The zero-order valence-corrected chi connectivity index (χ0v) is 8.91. The van der Waals surface area contributed by atoms with Gasteiger partial charge in [0.15, 0.2) is 0 Å². The fourth-order valence-electron chi connectivity index (χ4n) is 1.93. The molecule has 1 aromatic heterocycles. The summed E-state index contributed by atoms with van der Waals surface area (Å²) in [7, 11) is 2.12. The molecular formula is C13H15N. The van der Waals surface area contributed by atoms with E-state index in [1.54, 1.807) is 0 Å². The zero-order chi connectivity index (χ0) is 10.1. The molecule has 0 aliphatic rings. The summed E-state index contributed by atoms with van der Waals surface area (Å²) < 4.78 is 2.24. The number of hydrogen-bond donors (Lipinski definition) is 0. The lowest BCUT2D eigenvalue weighted by molar-refractivity contribution is 0.916. The summed E-state index contributed by atoms with van der Waals surface area (Å²) in [6.45, 7) is 4.22. The molecule has 0 unspecified atom stereocenters. The van der Waals surface area contributed by atoms with E-state index < -0.39 is 0 Å². The second kappa shape index (κ2) is 3.33. The summed E-state index contributed by atoms with van der Waals surface area (Å²) >= 11 is 0. The van der Waals surface area contributed by atoms with Crippen LogP contribution in [0.15, 0.2) is 30.3 Å². The second-order valence-corrected chi connectivity index (χ2v) is 3.58. The van der Waals surface area contributed by atoms with E-state index in [0.717, 1.165) is 0 Å². The Morgan fingerprint density at radius 1 is 1.21 bits per heavy atom. The number of aryl methyl sites for hydroxylation is 1. The van der Waals surface area contributed by atoms with Crippen LogP contribution in [0, 0.1) is 6.92 Å². The van der Waals surface area contributed by atoms with Crippen molar-refractivity contribution >= 4 is 17.0 Å². The van der Waals surface area contributed by atoms with Crippen molar-refractivity contribution in [2.75, 3.05) is 0 Å². The van der Waals surface area contributed by atoms with Crippen molar-refractivity contribution in [3.63, 3.8) is 0 Å². The summed E-state index contributed by atoms with van der Waals surface area (Å²) in [6, 6.07) is 8.52. The maximum atomic E-state index is 2.24. The van der Waals surface area contributed by atoms with Crippen LogP contribution in [0.1, 0.15) is 18.2 Å². The third-order valence-electron chi connectivity index (χ3n) is 2.78. The fourth-order valence-corrected chi connectivity index (χ4v) is 1.93. The first-order valence-corrected chi connectivity index (χ1v) is 4.92. The number of fused-ring (bicyclic) bond motifs is 1. The molecule has 0 spiro atoms. The molecular weight excluding hydrogens is 170 g/mol. The third kappa shape index (κ3) is 1.17. The quantitative estimate of drug-likeness (QED) is 0.640. The van der Waals surface area contributed by atoms with Gasteiger partial charge in [0.05, 0.1) is 0 Å². The highest BCUT2D eigenvalue weighted by atomic mass is 14.9. The largest absolute Gasteiger partial charge is 0.347 e. The number of rotatable bonds is 1. The van der Waals surface area contributed by atoms with E-state index >= 15 is 0 Å². The Kier molecular flexibility index (Phi) is 2.16. The van der Waals surface area contributed by atoms with Gasteiger partial charge in [-0.25, -0.2) is 0 Å². The van der Waals surface area contributed by atoms with Crippen LogP contribution in [0.4, 0.5) is 0 Å². The van der Waals surface area contributed by atoms with E-state index in [2.05, 4.69) is 61.9 Å². The SMILES string of the molecule is C/C=C\c1c(C)n(C)c2ccccc12. The van der Waals surface area contributed by atoms with Gasteiger partial charge in [-0.05, 0) is 19.9 Å². The van der Waals surface area contributed by atoms with Crippen molar-refractivity contribution in [2.45, 2.75) is 13.8 Å². The van der Waals surface area contributed by atoms with Crippen LogP contribution >= 0.6 is 0 Å². The van der Waals surface area contributed by atoms with Crippen molar-refractivity contribution in [1.29, 1.82) is 0 Å². The Hall–Kier alpha value is -1.50. The highest BCUT2D eigenvalue weighted by Crippen LogP contribution is 2.25. The number of benzene rings is 1. The lowest BCUT2D eigenvalue weighted by atomic mass is 10.1. The van der Waals surface area contributed by atoms with E-state index in [9.17, 15) is 0 Å². The molecule has 2 rings (SSSR count). The first-order chi connectivity index (χ1) is 6.75. The molecule has 0 atom stereocenters. The molecule has 0 N–H and O–H groups in total. The van der Waals surface area contributed by atoms with Gasteiger partial charge in [-0.2, -0.15) is 0 Å². The van der Waals surface area contributed by atoms with Gasteiger partial charge in [-0.1, -0.05) is 30.4 Å². The van der Waals surface area contributed by atoms with Gasteiger partial charge in [0, 0.05) is 29.2 Å². The molecule has 0 amide bonds. The Labute approximate surface area is 84.7 Å². The van der Waals surface area contributed by atoms with Crippen molar-refractivity contribution < 1.29 is 0 Å². The Morgan fingerprint density at radius 3 is 2.64 bits per heavy atom. The summed E-state index contributed by atoms with van der Waals surface area (Å²) in [5.74, 6) is 0. The topological polar surface area (TPSA) is 4.93 Å². The number of aromatic nitrogens is 1. The van der Waals surface area contributed by atoms with Crippen LogP contribution in [0.25, 0.3) is 17.0 Å². The van der Waals surface area contributed by atoms with E-state index in [1.165, 1.54) is 22.2 Å². The van der Waals surface area contributed by atoms with Crippen LogP contribution < -0.4 is 0 Å². The normalized spacial score (nSPS) is 11.6. The standard InChI is InChI=1S/C13H15N/c1-4-7-11-10(2)14(3)13-9-6-5-8-12(11)13/h4-9H,1-3H3/b7-4-. The maximum absolute atomic E-state index is 2.24. The van der Waals surface area contributed by atoms with Gasteiger partial charge in [-0.15, -0.1) is 0 Å². The minimum Gasteiger partial charge on any atom is -0.347 e. The number of allylic oxidation sites excluding steroid dienone is 1. The van der Waals surface area contributed by atoms with E-state index in [-0.39, 0.29) is 0 Å². The van der Waals surface area contributed by atoms with Gasteiger partial charge < -0.3 is 4.57 Å². The number of nitrogens with zero attached hydrogens (tertiary/aromatic N) is 1. The average molecular weight is 185 g/mol. The van der Waals surface area contributed by atoms with E-state index in [1.807, 2.05) is 0 Å². The van der Waals surface area contributed by atoms with Crippen LogP contribution in [-0.2, 0) is 7.05 Å². The van der Waals surface area contributed by atoms with Crippen LogP contribution in [-0.4, -0.2) is 4.57 Å². The molecule has 2 aromatic rings. The second-order valence-electron chi connectivity index (χ2n) is 3.58. The summed E-state index contributed by atoms with van der Waals surface area (Å²) in [4.78, 5) is 0. The molecule has 72 valence electrons. The van der Waals surface area contributed by atoms with E-state index in [0.29, 0.717) is 0 Å². The third-order valence-corrected chi connectivity index (χ3v) is 2.78. The lowest BCUT2D eigenvalue weighted by Gasteiger charge is -1.97. The highest BCUT2D eigenvalue weighted by Gasteiger charge is 2.07. The molecule has 1 heteroatoms. The van der Waals surface area contributed by atoms with Crippen molar-refractivity contribution in [1.82, 2.24) is 4.57 Å². The van der Waals surface area contributed by atoms with Crippen molar-refractivity contribution in [3.05, 3.63) is 41.6 Å². The van der Waals surface area contributed by atoms with Crippen molar-refractivity contribution in [2.24, 2.45) is 7.05 Å². The first-order valence-electron chi connectivity index (χ1n) is 4.92. The molecule has 0 saturated heterocycles. The highest BCUT2D eigenvalue weighted by molar-refractivity contribution is 5.91. The monoisotopic (exact) mass is 185 g/mol. The van der Waals surface area contributed by atoms with Gasteiger partial charge in [0.25, 0.3) is 0 Å².